The number of amides is 1. The number of likely N-dealkylation sites (tertiary alicyclic amines) is 1. The van der Waals surface area contributed by atoms with Crippen molar-refractivity contribution in [1.29, 1.82) is 0 Å². The summed E-state index contributed by atoms with van der Waals surface area (Å²) in [6.45, 7) is 15.5. The van der Waals surface area contributed by atoms with Gasteiger partial charge in [0, 0.05) is 50.5 Å². The van der Waals surface area contributed by atoms with Crippen LogP contribution in [0.3, 0.4) is 0 Å². The van der Waals surface area contributed by atoms with Crippen LogP contribution < -0.4 is 0 Å². The van der Waals surface area contributed by atoms with Crippen molar-refractivity contribution in [2.75, 3.05) is 52.4 Å². The number of hydrogen-bond donors (Lipinski definition) is 1. The van der Waals surface area contributed by atoms with Gasteiger partial charge in [-0.15, -0.1) is 0 Å². The second-order valence-corrected chi connectivity index (χ2v) is 9.61. The molecule has 0 unspecified atom stereocenters. The van der Waals surface area contributed by atoms with Gasteiger partial charge in [0.1, 0.15) is 0 Å². The van der Waals surface area contributed by atoms with Crippen LogP contribution in [0.15, 0.2) is 0 Å². The number of nitrogens with zero attached hydrogens (tertiary/aromatic N) is 3. The fourth-order valence-corrected chi connectivity index (χ4v) is 5.29. The molecule has 0 aliphatic carbocycles. The van der Waals surface area contributed by atoms with Gasteiger partial charge in [-0.05, 0) is 44.1 Å². The largest absolute Gasteiger partial charge is 0.355 e. The third-order valence-electron chi connectivity index (χ3n) is 6.69. The highest BCUT2D eigenvalue weighted by Crippen LogP contribution is 2.22. The SMILES string of the molecule is CCc1c(C(=O)CN2CCN(CC(=O)N3C[C@H](C)C[C@@H](C)C3)CC2)[nH]c(C)c1C(C)=O. The molecule has 2 saturated heterocycles. The fourth-order valence-electron chi connectivity index (χ4n) is 5.29. The second-order valence-electron chi connectivity index (χ2n) is 9.61. The summed E-state index contributed by atoms with van der Waals surface area (Å²) in [6.07, 6.45) is 1.86. The van der Waals surface area contributed by atoms with Crippen molar-refractivity contribution in [1.82, 2.24) is 19.7 Å². The Morgan fingerprint density at radius 2 is 1.52 bits per heavy atom. The van der Waals surface area contributed by atoms with Crippen molar-refractivity contribution in [3.8, 4) is 0 Å². The number of aryl methyl sites for hydroxylation is 1. The van der Waals surface area contributed by atoms with E-state index in [1.807, 2.05) is 18.7 Å². The molecule has 1 aromatic heterocycles. The van der Waals surface area contributed by atoms with Crippen molar-refractivity contribution in [3.63, 3.8) is 0 Å². The van der Waals surface area contributed by atoms with Crippen LogP contribution in [0.25, 0.3) is 0 Å². The molecule has 0 radical (unpaired) electrons. The van der Waals surface area contributed by atoms with Gasteiger partial charge in [0.2, 0.25) is 5.91 Å². The molecule has 2 aliphatic heterocycles. The number of piperidine rings is 1. The molecule has 0 spiro atoms. The van der Waals surface area contributed by atoms with Crippen LogP contribution in [-0.4, -0.2) is 89.5 Å². The lowest BCUT2D eigenvalue weighted by molar-refractivity contribution is -0.135. The maximum Gasteiger partial charge on any atom is 0.236 e. The Balaban J connectivity index is 1.51. The van der Waals surface area contributed by atoms with Crippen LogP contribution in [-0.2, 0) is 11.2 Å². The summed E-state index contributed by atoms with van der Waals surface area (Å²) >= 11 is 0. The van der Waals surface area contributed by atoms with E-state index in [0.29, 0.717) is 42.6 Å². The number of Topliss-reactive ketones (excluding diaryl/α,β-unsaturated/α-hetero) is 2. The first kappa shape index (κ1) is 23.7. The Kier molecular flexibility index (Phi) is 7.70. The van der Waals surface area contributed by atoms with Gasteiger partial charge in [0.05, 0.1) is 18.8 Å². The van der Waals surface area contributed by atoms with E-state index < -0.39 is 0 Å². The molecule has 0 aromatic carbocycles. The standard InChI is InChI=1S/C24H38N4O3/c1-6-20-23(19(5)29)18(4)25-24(20)21(30)14-26-7-9-27(10-8-26)15-22(31)28-12-16(2)11-17(3)13-28/h16-17,25H,6-15H2,1-5H3/t16-,17-/m1/s1. The van der Waals surface area contributed by atoms with Gasteiger partial charge in [-0.25, -0.2) is 0 Å². The Morgan fingerprint density at radius 3 is 2.03 bits per heavy atom. The van der Waals surface area contributed by atoms with Gasteiger partial charge >= 0.3 is 0 Å². The van der Waals surface area contributed by atoms with E-state index in [0.717, 1.165) is 50.5 Å². The van der Waals surface area contributed by atoms with Gasteiger partial charge in [-0.2, -0.15) is 0 Å². The lowest BCUT2D eigenvalue weighted by Gasteiger charge is -2.38. The summed E-state index contributed by atoms with van der Waals surface area (Å²) in [5.74, 6) is 1.41. The average molecular weight is 431 g/mol. The quantitative estimate of drug-likeness (QED) is 0.672. The molecule has 1 N–H and O–H groups in total. The van der Waals surface area contributed by atoms with Gasteiger partial charge < -0.3 is 9.88 Å². The number of piperazine rings is 1. The molecule has 2 fully saturated rings. The maximum atomic E-state index is 12.9. The number of H-pyrrole nitrogens is 1. The minimum absolute atomic E-state index is 0.000393. The third-order valence-corrected chi connectivity index (χ3v) is 6.69. The van der Waals surface area contributed by atoms with Gasteiger partial charge in [0.25, 0.3) is 0 Å². The minimum atomic E-state index is 0.000393. The molecule has 0 bridgehead atoms. The molecular formula is C24H38N4O3. The van der Waals surface area contributed by atoms with Crippen LogP contribution in [0.4, 0.5) is 0 Å². The van der Waals surface area contributed by atoms with Crippen LogP contribution in [0.1, 0.15) is 66.2 Å². The predicted octanol–water partition coefficient (Wildman–Crippen LogP) is 2.39. The molecule has 172 valence electrons. The number of ketones is 2. The normalized spacial score (nSPS) is 23.2. The highest BCUT2D eigenvalue weighted by atomic mass is 16.2. The molecule has 2 atom stereocenters. The number of carbonyl (C=O) groups excluding carboxylic acids is 3. The second kappa shape index (κ2) is 10.1. The summed E-state index contributed by atoms with van der Waals surface area (Å²) in [4.78, 5) is 47.2. The average Bonchev–Trinajstić information content (AvgIpc) is 3.05. The van der Waals surface area contributed by atoms with E-state index in [4.69, 9.17) is 0 Å². The first-order chi connectivity index (χ1) is 14.7. The van der Waals surface area contributed by atoms with E-state index in [2.05, 4.69) is 28.6 Å². The number of aromatic nitrogens is 1. The zero-order valence-electron chi connectivity index (χ0n) is 19.8. The summed E-state index contributed by atoms with van der Waals surface area (Å²) in [5.41, 5.74) is 2.85. The summed E-state index contributed by atoms with van der Waals surface area (Å²) < 4.78 is 0. The molecule has 0 saturated carbocycles. The zero-order chi connectivity index (χ0) is 22.7. The Bertz CT molecular complexity index is 813. The summed E-state index contributed by atoms with van der Waals surface area (Å²) in [7, 11) is 0. The molecule has 2 aliphatic rings. The lowest BCUT2D eigenvalue weighted by Crippen LogP contribution is -2.52. The molecule has 7 heteroatoms. The predicted molar refractivity (Wildman–Crippen MR) is 122 cm³/mol. The summed E-state index contributed by atoms with van der Waals surface area (Å²) in [6, 6.07) is 0. The number of hydrogen-bond acceptors (Lipinski definition) is 5. The van der Waals surface area contributed by atoms with E-state index in [-0.39, 0.29) is 17.5 Å². The van der Waals surface area contributed by atoms with Gasteiger partial charge in [-0.1, -0.05) is 20.8 Å². The molecule has 1 aromatic rings. The van der Waals surface area contributed by atoms with Crippen LogP contribution in [0.5, 0.6) is 0 Å². The highest BCUT2D eigenvalue weighted by Gasteiger charge is 2.28. The van der Waals surface area contributed by atoms with E-state index in [1.165, 1.54) is 6.42 Å². The summed E-state index contributed by atoms with van der Waals surface area (Å²) in [5, 5.41) is 0. The topological polar surface area (TPSA) is 76.7 Å². The van der Waals surface area contributed by atoms with Crippen molar-refractivity contribution in [3.05, 3.63) is 22.5 Å². The minimum Gasteiger partial charge on any atom is -0.355 e. The van der Waals surface area contributed by atoms with E-state index in [1.54, 1.807) is 6.92 Å². The highest BCUT2D eigenvalue weighted by molar-refractivity contribution is 6.04. The smallest absolute Gasteiger partial charge is 0.236 e. The van der Waals surface area contributed by atoms with Crippen molar-refractivity contribution < 1.29 is 14.4 Å². The number of nitrogens with one attached hydrogen (secondary N) is 1. The zero-order valence-corrected chi connectivity index (χ0v) is 19.8. The van der Waals surface area contributed by atoms with E-state index in [9.17, 15) is 14.4 Å². The fraction of sp³-hybridized carbons (Fsp3) is 0.708. The monoisotopic (exact) mass is 430 g/mol. The van der Waals surface area contributed by atoms with Crippen molar-refractivity contribution in [2.24, 2.45) is 11.8 Å². The van der Waals surface area contributed by atoms with Crippen molar-refractivity contribution >= 4 is 17.5 Å². The van der Waals surface area contributed by atoms with Crippen LogP contribution in [0, 0.1) is 18.8 Å². The first-order valence-corrected chi connectivity index (χ1v) is 11.7. The maximum absolute atomic E-state index is 12.9. The lowest BCUT2D eigenvalue weighted by atomic mass is 9.92. The number of rotatable bonds is 7. The Labute approximate surface area is 186 Å². The number of aromatic amines is 1. The Morgan fingerprint density at radius 1 is 0.968 bits per heavy atom. The molecule has 3 heterocycles. The van der Waals surface area contributed by atoms with Crippen LogP contribution in [0.2, 0.25) is 0 Å². The third kappa shape index (κ3) is 5.63. The molecule has 3 rings (SSSR count). The number of carbonyl (C=O) groups is 3. The van der Waals surface area contributed by atoms with Crippen molar-refractivity contribution in [2.45, 2.75) is 47.5 Å². The molecule has 31 heavy (non-hydrogen) atoms. The first-order valence-electron chi connectivity index (χ1n) is 11.7. The Hall–Kier alpha value is -1.99. The van der Waals surface area contributed by atoms with Gasteiger partial charge in [0.15, 0.2) is 11.6 Å². The van der Waals surface area contributed by atoms with Gasteiger partial charge in [-0.3, -0.25) is 24.2 Å². The van der Waals surface area contributed by atoms with E-state index >= 15 is 0 Å². The van der Waals surface area contributed by atoms with Crippen LogP contribution >= 0.6 is 0 Å². The molecule has 1 amide bonds. The molecule has 7 nitrogen and oxygen atoms in total. The molecular weight excluding hydrogens is 392 g/mol.